The quantitative estimate of drug-likeness (QED) is 0.581. The Hall–Kier alpha value is -1.39. The maximum atomic E-state index is 10.9. The van der Waals surface area contributed by atoms with Gasteiger partial charge < -0.3 is 5.32 Å². The lowest BCUT2D eigenvalue weighted by molar-refractivity contribution is -0.125. The molecule has 12 heavy (non-hydrogen) atoms. The van der Waals surface area contributed by atoms with Crippen molar-refractivity contribution in [1.29, 1.82) is 0 Å². The molecule has 1 saturated heterocycles. The van der Waals surface area contributed by atoms with Gasteiger partial charge in [0.1, 0.15) is 5.78 Å². The van der Waals surface area contributed by atoms with Gasteiger partial charge in [-0.05, 0) is 6.92 Å². The molecule has 0 aromatic rings. The standard InChI is InChI=1S/C7H10N2O3/c1-5(10)2-3-9-6(11)4-8-7(9)12/h2-4H2,1H3,(H,8,12). The zero-order valence-corrected chi connectivity index (χ0v) is 6.79. The summed E-state index contributed by atoms with van der Waals surface area (Å²) in [5.74, 6) is -0.288. The minimum absolute atomic E-state index is 0.0255. The van der Waals surface area contributed by atoms with Crippen LogP contribution in [0, 0.1) is 0 Å². The minimum Gasteiger partial charge on any atom is -0.329 e. The SMILES string of the molecule is CC(=O)CCN1C(=O)CNC1=O. The van der Waals surface area contributed by atoms with Gasteiger partial charge in [0, 0.05) is 13.0 Å². The molecule has 0 radical (unpaired) electrons. The van der Waals surface area contributed by atoms with Crippen molar-refractivity contribution in [3.8, 4) is 0 Å². The van der Waals surface area contributed by atoms with Gasteiger partial charge in [0.2, 0.25) is 5.91 Å². The molecule has 5 nitrogen and oxygen atoms in total. The molecule has 3 amide bonds. The third-order valence-corrected chi connectivity index (χ3v) is 1.62. The second-order valence-electron chi connectivity index (χ2n) is 2.66. The van der Waals surface area contributed by atoms with Crippen LogP contribution in [0.15, 0.2) is 0 Å². The molecule has 0 aliphatic carbocycles. The Balaban J connectivity index is 2.45. The molecule has 1 aliphatic heterocycles. The molecule has 66 valence electrons. The number of Topliss-reactive ketones (excluding diaryl/α,β-unsaturated/α-hetero) is 1. The number of nitrogens with zero attached hydrogens (tertiary/aromatic N) is 1. The summed E-state index contributed by atoms with van der Waals surface area (Å²) in [7, 11) is 0. The number of nitrogens with one attached hydrogen (secondary N) is 1. The third-order valence-electron chi connectivity index (χ3n) is 1.62. The fourth-order valence-corrected chi connectivity index (χ4v) is 0.951. The molecule has 0 aromatic heterocycles. The molecule has 0 saturated carbocycles. The Morgan fingerprint density at radius 3 is 2.67 bits per heavy atom. The first-order valence-corrected chi connectivity index (χ1v) is 3.69. The van der Waals surface area contributed by atoms with Gasteiger partial charge in [-0.2, -0.15) is 0 Å². The molecule has 1 N–H and O–H groups in total. The van der Waals surface area contributed by atoms with Crippen LogP contribution in [0.4, 0.5) is 4.79 Å². The van der Waals surface area contributed by atoms with Gasteiger partial charge in [-0.1, -0.05) is 0 Å². The van der Waals surface area contributed by atoms with Crippen molar-refractivity contribution in [3.63, 3.8) is 0 Å². The zero-order chi connectivity index (χ0) is 9.14. The van der Waals surface area contributed by atoms with Crippen molar-refractivity contribution < 1.29 is 14.4 Å². The zero-order valence-electron chi connectivity index (χ0n) is 6.79. The van der Waals surface area contributed by atoms with Crippen LogP contribution in [0.1, 0.15) is 13.3 Å². The van der Waals surface area contributed by atoms with Crippen molar-refractivity contribution >= 4 is 17.7 Å². The lowest BCUT2D eigenvalue weighted by Gasteiger charge is -2.09. The molecule has 0 atom stereocenters. The topological polar surface area (TPSA) is 66.5 Å². The number of hydrogen-bond acceptors (Lipinski definition) is 3. The van der Waals surface area contributed by atoms with Gasteiger partial charge in [-0.15, -0.1) is 0 Å². The summed E-state index contributed by atoms with van der Waals surface area (Å²) in [6, 6.07) is -0.402. The third kappa shape index (κ3) is 1.81. The highest BCUT2D eigenvalue weighted by Gasteiger charge is 2.27. The molecule has 0 unspecified atom stereocenters. The van der Waals surface area contributed by atoms with Gasteiger partial charge in [0.15, 0.2) is 0 Å². The molecule has 0 aromatic carbocycles. The average molecular weight is 170 g/mol. The van der Waals surface area contributed by atoms with Gasteiger partial charge in [0.25, 0.3) is 0 Å². The van der Waals surface area contributed by atoms with E-state index in [4.69, 9.17) is 0 Å². The minimum atomic E-state index is -0.402. The smallest absolute Gasteiger partial charge is 0.324 e. The molecule has 1 fully saturated rings. The molecule has 1 rings (SSSR count). The van der Waals surface area contributed by atoms with Crippen LogP contribution in [-0.4, -0.2) is 35.7 Å². The lowest BCUT2D eigenvalue weighted by atomic mass is 10.3. The number of amides is 3. The Kier molecular flexibility index (Phi) is 2.42. The van der Waals surface area contributed by atoms with Crippen LogP contribution in [0.25, 0.3) is 0 Å². The molecular formula is C7H10N2O3. The van der Waals surface area contributed by atoms with Gasteiger partial charge in [-0.3, -0.25) is 14.5 Å². The number of imide groups is 1. The Morgan fingerprint density at radius 2 is 2.25 bits per heavy atom. The van der Waals surface area contributed by atoms with E-state index in [1.54, 1.807) is 0 Å². The van der Waals surface area contributed by atoms with E-state index in [1.807, 2.05) is 0 Å². The Morgan fingerprint density at radius 1 is 1.58 bits per heavy atom. The summed E-state index contributed by atoms with van der Waals surface area (Å²) in [4.78, 5) is 33.4. The average Bonchev–Trinajstić information content (AvgIpc) is 2.28. The van der Waals surface area contributed by atoms with E-state index in [2.05, 4.69) is 5.32 Å². The van der Waals surface area contributed by atoms with Crippen molar-refractivity contribution in [2.24, 2.45) is 0 Å². The van der Waals surface area contributed by atoms with Crippen molar-refractivity contribution in [3.05, 3.63) is 0 Å². The summed E-state index contributed by atoms with van der Waals surface area (Å²) >= 11 is 0. The largest absolute Gasteiger partial charge is 0.329 e. The predicted molar refractivity (Wildman–Crippen MR) is 40.4 cm³/mol. The van der Waals surface area contributed by atoms with Crippen molar-refractivity contribution in [1.82, 2.24) is 10.2 Å². The number of ketones is 1. The van der Waals surface area contributed by atoms with Gasteiger partial charge in [-0.25, -0.2) is 4.79 Å². The van der Waals surface area contributed by atoms with Crippen LogP contribution >= 0.6 is 0 Å². The van der Waals surface area contributed by atoms with Crippen molar-refractivity contribution in [2.45, 2.75) is 13.3 Å². The fourth-order valence-electron chi connectivity index (χ4n) is 0.951. The van der Waals surface area contributed by atoms with E-state index >= 15 is 0 Å². The first kappa shape index (κ1) is 8.70. The normalized spacial score (nSPS) is 16.6. The summed E-state index contributed by atoms with van der Waals surface area (Å²) in [5.41, 5.74) is 0. The summed E-state index contributed by atoms with van der Waals surface area (Å²) in [6.45, 7) is 1.68. The van der Waals surface area contributed by atoms with Crippen molar-refractivity contribution in [2.75, 3.05) is 13.1 Å². The highest BCUT2D eigenvalue weighted by molar-refractivity contribution is 6.02. The molecule has 0 spiro atoms. The summed E-state index contributed by atoms with van der Waals surface area (Å²) in [5, 5.41) is 2.37. The monoisotopic (exact) mass is 170 g/mol. The molecule has 5 heteroatoms. The van der Waals surface area contributed by atoms with E-state index in [0.29, 0.717) is 0 Å². The second-order valence-corrected chi connectivity index (χ2v) is 2.66. The number of urea groups is 1. The van der Waals surface area contributed by atoms with E-state index in [0.717, 1.165) is 4.90 Å². The highest BCUT2D eigenvalue weighted by Crippen LogP contribution is 1.99. The number of hydrogen-bond donors (Lipinski definition) is 1. The highest BCUT2D eigenvalue weighted by atomic mass is 16.2. The van der Waals surface area contributed by atoms with Crippen LogP contribution < -0.4 is 5.32 Å². The van der Waals surface area contributed by atoms with Crippen LogP contribution in [-0.2, 0) is 9.59 Å². The summed E-state index contributed by atoms with van der Waals surface area (Å²) < 4.78 is 0. The van der Waals surface area contributed by atoms with Crippen LogP contribution in [0.2, 0.25) is 0 Å². The fraction of sp³-hybridized carbons (Fsp3) is 0.571. The first-order valence-electron chi connectivity index (χ1n) is 3.69. The Labute approximate surface area is 69.7 Å². The molecular weight excluding hydrogens is 160 g/mol. The number of carbonyl (C=O) groups is 3. The second kappa shape index (κ2) is 3.34. The van der Waals surface area contributed by atoms with Crippen LogP contribution in [0.3, 0.4) is 0 Å². The first-order chi connectivity index (χ1) is 5.61. The van der Waals surface area contributed by atoms with E-state index < -0.39 is 6.03 Å². The number of carbonyl (C=O) groups excluding carboxylic acids is 3. The van der Waals surface area contributed by atoms with Crippen LogP contribution in [0.5, 0.6) is 0 Å². The molecule has 1 aliphatic rings. The predicted octanol–water partition coefficient (Wildman–Crippen LogP) is -0.483. The lowest BCUT2D eigenvalue weighted by Crippen LogP contribution is -2.32. The van der Waals surface area contributed by atoms with Gasteiger partial charge in [0.05, 0.1) is 6.54 Å². The maximum absolute atomic E-state index is 10.9. The molecule has 1 heterocycles. The number of rotatable bonds is 3. The van der Waals surface area contributed by atoms with Gasteiger partial charge >= 0.3 is 6.03 Å². The summed E-state index contributed by atoms with van der Waals surface area (Å²) in [6.07, 6.45) is 0.235. The Bertz CT molecular complexity index is 221. The maximum Gasteiger partial charge on any atom is 0.324 e. The van der Waals surface area contributed by atoms with E-state index in [9.17, 15) is 14.4 Å². The molecule has 0 bridgehead atoms. The van der Waals surface area contributed by atoms with E-state index in [-0.39, 0.29) is 31.2 Å². The van der Waals surface area contributed by atoms with E-state index in [1.165, 1.54) is 6.92 Å².